The average Bonchev–Trinajstić information content (AvgIpc) is 3.05. The van der Waals surface area contributed by atoms with Crippen LogP contribution in [0.25, 0.3) is 0 Å². The lowest BCUT2D eigenvalue weighted by atomic mass is 10.1. The van der Waals surface area contributed by atoms with Crippen molar-refractivity contribution in [3.05, 3.63) is 34.3 Å². The fraction of sp³-hybridized carbons (Fsp3) is 0.471. The third-order valence-corrected chi connectivity index (χ3v) is 4.28. The molecule has 0 bridgehead atoms. The second-order valence-corrected chi connectivity index (χ2v) is 5.92. The van der Waals surface area contributed by atoms with Gasteiger partial charge in [0, 0.05) is 0 Å². The fourth-order valence-electron chi connectivity index (χ4n) is 2.29. The van der Waals surface area contributed by atoms with Crippen LogP contribution in [0.3, 0.4) is 0 Å². The van der Waals surface area contributed by atoms with Gasteiger partial charge >= 0.3 is 0 Å². The molecule has 24 heavy (non-hydrogen) atoms. The molecule has 0 aliphatic carbocycles. The van der Waals surface area contributed by atoms with E-state index in [1.54, 1.807) is 0 Å². The molecule has 1 aromatic heterocycles. The number of carbonyl (C=O) groups excluding carboxylic acids is 1. The molecule has 0 spiro atoms. The van der Waals surface area contributed by atoms with E-state index in [4.69, 9.17) is 9.47 Å². The van der Waals surface area contributed by atoms with Crippen LogP contribution in [0.4, 0.5) is 0 Å². The van der Waals surface area contributed by atoms with Crippen molar-refractivity contribution in [2.45, 2.75) is 40.2 Å². The molecule has 0 fully saturated rings. The third-order valence-electron chi connectivity index (χ3n) is 3.51. The second kappa shape index (κ2) is 8.63. The summed E-state index contributed by atoms with van der Waals surface area (Å²) in [5, 5.41) is 6.97. The summed E-state index contributed by atoms with van der Waals surface area (Å²) in [7, 11) is 0. The summed E-state index contributed by atoms with van der Waals surface area (Å²) in [6.07, 6.45) is 0.686. The van der Waals surface area contributed by atoms with Crippen LogP contribution in [-0.4, -0.2) is 28.7 Å². The summed E-state index contributed by atoms with van der Waals surface area (Å²) in [6, 6.07) is 5.55. The van der Waals surface area contributed by atoms with E-state index in [1.165, 1.54) is 0 Å². The highest BCUT2D eigenvalue weighted by Crippen LogP contribution is 2.31. The summed E-state index contributed by atoms with van der Waals surface area (Å²) < 4.78 is 15.1. The Bertz CT molecular complexity index is 687. The zero-order chi connectivity index (χ0) is 17.5. The van der Waals surface area contributed by atoms with Gasteiger partial charge in [-0.1, -0.05) is 17.5 Å². The number of nitrogens with zero attached hydrogens (tertiary/aromatic N) is 2. The summed E-state index contributed by atoms with van der Waals surface area (Å²) in [6.45, 7) is 8.87. The van der Waals surface area contributed by atoms with E-state index in [0.29, 0.717) is 36.0 Å². The standard InChI is InChI=1S/C17H23N3O3S/c1-5-13-16(24-20-19-13)17(21)18-11(4)12-8-9-14(22-6-2)15(10-12)23-7-3/h8-11H,5-7H2,1-4H3,(H,18,21). The fourth-order valence-corrected chi connectivity index (χ4v) is 2.95. The lowest BCUT2D eigenvalue weighted by Gasteiger charge is -2.17. The van der Waals surface area contributed by atoms with Crippen molar-refractivity contribution in [2.75, 3.05) is 13.2 Å². The highest BCUT2D eigenvalue weighted by Gasteiger charge is 2.18. The van der Waals surface area contributed by atoms with Crippen LogP contribution in [-0.2, 0) is 6.42 Å². The molecule has 0 saturated heterocycles. The highest BCUT2D eigenvalue weighted by atomic mass is 32.1. The summed E-state index contributed by atoms with van der Waals surface area (Å²) in [5.41, 5.74) is 1.68. The van der Waals surface area contributed by atoms with Gasteiger partial charge in [0.2, 0.25) is 0 Å². The Morgan fingerprint density at radius 1 is 1.21 bits per heavy atom. The van der Waals surface area contributed by atoms with Crippen molar-refractivity contribution >= 4 is 17.4 Å². The van der Waals surface area contributed by atoms with Gasteiger partial charge in [-0.05, 0) is 56.4 Å². The molecular weight excluding hydrogens is 326 g/mol. The third kappa shape index (κ3) is 4.23. The van der Waals surface area contributed by atoms with Crippen molar-refractivity contribution < 1.29 is 14.3 Å². The normalized spacial score (nSPS) is 11.8. The number of ether oxygens (including phenoxy) is 2. The topological polar surface area (TPSA) is 73.3 Å². The Labute approximate surface area is 146 Å². The number of aromatic nitrogens is 2. The largest absolute Gasteiger partial charge is 0.490 e. The first kappa shape index (κ1) is 18.2. The van der Waals surface area contributed by atoms with E-state index >= 15 is 0 Å². The van der Waals surface area contributed by atoms with Gasteiger partial charge in [0.25, 0.3) is 5.91 Å². The predicted molar refractivity (Wildman–Crippen MR) is 93.9 cm³/mol. The summed E-state index contributed by atoms with van der Waals surface area (Å²) >= 11 is 1.12. The number of benzene rings is 1. The molecule has 0 aliphatic rings. The number of hydrogen-bond donors (Lipinski definition) is 1. The second-order valence-electron chi connectivity index (χ2n) is 5.17. The first-order valence-electron chi connectivity index (χ1n) is 8.12. The minimum Gasteiger partial charge on any atom is -0.490 e. The van der Waals surface area contributed by atoms with Crippen LogP contribution >= 0.6 is 11.5 Å². The quantitative estimate of drug-likeness (QED) is 0.791. The SMILES string of the molecule is CCOc1ccc(C(C)NC(=O)c2snnc2CC)cc1OCC. The molecule has 6 nitrogen and oxygen atoms in total. The maximum atomic E-state index is 12.4. The molecule has 2 rings (SSSR count). The highest BCUT2D eigenvalue weighted by molar-refractivity contribution is 7.08. The molecule has 1 N–H and O–H groups in total. The number of carbonyl (C=O) groups is 1. The first-order chi connectivity index (χ1) is 11.6. The van der Waals surface area contributed by atoms with Gasteiger partial charge in [-0.25, -0.2) is 0 Å². The van der Waals surface area contributed by atoms with Crippen molar-refractivity contribution in [3.8, 4) is 11.5 Å². The number of rotatable bonds is 8. The van der Waals surface area contributed by atoms with Crippen LogP contribution in [0.15, 0.2) is 18.2 Å². The number of nitrogens with one attached hydrogen (secondary N) is 1. The summed E-state index contributed by atoms with van der Waals surface area (Å²) in [4.78, 5) is 13.0. The van der Waals surface area contributed by atoms with Crippen molar-refractivity contribution in [2.24, 2.45) is 0 Å². The molecule has 2 aromatic rings. The Morgan fingerprint density at radius 3 is 2.58 bits per heavy atom. The first-order valence-corrected chi connectivity index (χ1v) is 8.89. The van der Waals surface area contributed by atoms with E-state index in [0.717, 1.165) is 22.8 Å². The molecule has 0 radical (unpaired) electrons. The van der Waals surface area contributed by atoms with Crippen LogP contribution in [0.1, 0.15) is 54.7 Å². The van der Waals surface area contributed by atoms with Gasteiger partial charge in [-0.3, -0.25) is 4.79 Å². The smallest absolute Gasteiger partial charge is 0.265 e. The average molecular weight is 349 g/mol. The zero-order valence-electron chi connectivity index (χ0n) is 14.5. The monoisotopic (exact) mass is 349 g/mol. The van der Waals surface area contributed by atoms with Crippen LogP contribution in [0.2, 0.25) is 0 Å². The summed E-state index contributed by atoms with van der Waals surface area (Å²) in [5.74, 6) is 1.24. The Hall–Kier alpha value is -2.15. The molecule has 1 amide bonds. The van der Waals surface area contributed by atoms with Crippen molar-refractivity contribution in [1.29, 1.82) is 0 Å². The molecule has 1 unspecified atom stereocenters. The minimum atomic E-state index is -0.167. The zero-order valence-corrected chi connectivity index (χ0v) is 15.3. The minimum absolute atomic E-state index is 0.152. The van der Waals surface area contributed by atoms with Crippen LogP contribution in [0.5, 0.6) is 11.5 Å². The Kier molecular flexibility index (Phi) is 6.54. The number of hydrogen-bond acceptors (Lipinski definition) is 6. The Morgan fingerprint density at radius 2 is 1.92 bits per heavy atom. The lowest BCUT2D eigenvalue weighted by molar-refractivity contribution is 0.0943. The van der Waals surface area contributed by atoms with E-state index in [2.05, 4.69) is 14.9 Å². The maximum absolute atomic E-state index is 12.4. The lowest BCUT2D eigenvalue weighted by Crippen LogP contribution is -2.26. The molecule has 1 aromatic carbocycles. The van der Waals surface area contributed by atoms with E-state index in [-0.39, 0.29) is 11.9 Å². The molecule has 7 heteroatoms. The molecule has 0 saturated carbocycles. The van der Waals surface area contributed by atoms with Gasteiger partial charge in [-0.15, -0.1) is 5.10 Å². The van der Waals surface area contributed by atoms with Crippen LogP contribution < -0.4 is 14.8 Å². The van der Waals surface area contributed by atoms with Gasteiger partial charge in [0.1, 0.15) is 4.88 Å². The molecule has 130 valence electrons. The van der Waals surface area contributed by atoms with E-state index < -0.39 is 0 Å². The van der Waals surface area contributed by atoms with E-state index in [1.807, 2.05) is 45.9 Å². The van der Waals surface area contributed by atoms with Gasteiger partial charge in [0.15, 0.2) is 11.5 Å². The molecule has 0 aliphatic heterocycles. The van der Waals surface area contributed by atoms with E-state index in [9.17, 15) is 4.79 Å². The van der Waals surface area contributed by atoms with Gasteiger partial charge in [0.05, 0.1) is 24.9 Å². The molecule has 1 atom stereocenters. The van der Waals surface area contributed by atoms with Crippen molar-refractivity contribution in [3.63, 3.8) is 0 Å². The van der Waals surface area contributed by atoms with Gasteiger partial charge < -0.3 is 14.8 Å². The molecule has 1 heterocycles. The number of amides is 1. The Balaban J connectivity index is 2.15. The van der Waals surface area contributed by atoms with Crippen molar-refractivity contribution in [1.82, 2.24) is 14.9 Å². The molecular formula is C17H23N3O3S. The van der Waals surface area contributed by atoms with Crippen LogP contribution in [0, 0.1) is 0 Å². The maximum Gasteiger partial charge on any atom is 0.265 e. The van der Waals surface area contributed by atoms with Gasteiger partial charge in [-0.2, -0.15) is 0 Å². The predicted octanol–water partition coefficient (Wildman–Crippen LogP) is 3.39. The number of aryl methyl sites for hydroxylation is 1.